The molecule has 3 nitrogen and oxygen atoms in total. The van der Waals surface area contributed by atoms with Crippen molar-refractivity contribution in [1.29, 1.82) is 0 Å². The number of nitrogens with one attached hydrogen (secondary N) is 2. The summed E-state index contributed by atoms with van der Waals surface area (Å²) in [6.45, 7) is 8.40. The van der Waals surface area contributed by atoms with Gasteiger partial charge in [0.05, 0.1) is 12.3 Å². The Bertz CT molecular complexity index is 386. The predicted molar refractivity (Wildman–Crippen MR) is 81.0 cm³/mol. The van der Waals surface area contributed by atoms with Gasteiger partial charge in [-0.05, 0) is 62.9 Å². The van der Waals surface area contributed by atoms with Crippen LogP contribution in [-0.4, -0.2) is 26.2 Å². The highest BCUT2D eigenvalue weighted by Crippen LogP contribution is 2.26. The van der Waals surface area contributed by atoms with Crippen molar-refractivity contribution in [3.63, 3.8) is 0 Å². The first-order valence-electron chi connectivity index (χ1n) is 7.47. The summed E-state index contributed by atoms with van der Waals surface area (Å²) in [6.07, 6.45) is 3.58. The molecule has 0 aromatic heterocycles. The molecule has 1 saturated heterocycles. The van der Waals surface area contributed by atoms with Gasteiger partial charge in [-0.2, -0.15) is 0 Å². The van der Waals surface area contributed by atoms with E-state index in [2.05, 4.69) is 42.7 Å². The predicted octanol–water partition coefficient (Wildman–Crippen LogP) is 3.20. The highest BCUT2D eigenvalue weighted by atomic mass is 16.5. The fraction of sp³-hybridized carbons (Fsp3) is 0.625. The molecule has 1 aromatic rings. The fourth-order valence-electron chi connectivity index (χ4n) is 2.46. The maximum atomic E-state index is 5.81. The second kappa shape index (κ2) is 7.39. The normalized spacial score (nSPS) is 16.3. The van der Waals surface area contributed by atoms with Crippen LogP contribution in [0.25, 0.3) is 0 Å². The lowest BCUT2D eigenvalue weighted by molar-refractivity contribution is 0.318. The number of aryl methyl sites for hydroxylation is 1. The number of anilines is 1. The van der Waals surface area contributed by atoms with Crippen molar-refractivity contribution in [2.24, 2.45) is 5.92 Å². The van der Waals surface area contributed by atoms with E-state index in [1.54, 1.807) is 0 Å². The summed E-state index contributed by atoms with van der Waals surface area (Å²) in [5.74, 6) is 1.77. The highest BCUT2D eigenvalue weighted by Gasteiger charge is 2.13. The van der Waals surface area contributed by atoms with Gasteiger partial charge in [-0.3, -0.25) is 0 Å². The number of hydrogen-bond acceptors (Lipinski definition) is 3. The van der Waals surface area contributed by atoms with Gasteiger partial charge in [-0.1, -0.05) is 13.0 Å². The molecule has 0 atom stereocenters. The number of ether oxygens (including phenoxy) is 1. The Labute approximate surface area is 116 Å². The molecule has 0 aliphatic carbocycles. The molecule has 1 aromatic carbocycles. The van der Waals surface area contributed by atoms with Crippen LogP contribution in [0.5, 0.6) is 5.75 Å². The highest BCUT2D eigenvalue weighted by molar-refractivity contribution is 5.58. The Morgan fingerprint density at radius 3 is 2.84 bits per heavy atom. The fourth-order valence-corrected chi connectivity index (χ4v) is 2.46. The zero-order chi connectivity index (χ0) is 13.5. The summed E-state index contributed by atoms with van der Waals surface area (Å²) >= 11 is 0. The third-order valence-electron chi connectivity index (χ3n) is 3.64. The van der Waals surface area contributed by atoms with Gasteiger partial charge in [0.1, 0.15) is 5.75 Å². The molecule has 1 aliphatic rings. The third kappa shape index (κ3) is 4.43. The zero-order valence-corrected chi connectivity index (χ0v) is 12.2. The van der Waals surface area contributed by atoms with Crippen LogP contribution < -0.4 is 15.4 Å². The molecule has 0 spiro atoms. The standard InChI is InChI=1S/C16H26N2O/c1-3-10-19-16-5-4-13(2)11-15(16)18-12-14-6-8-17-9-7-14/h4-5,11,14,17-18H,3,6-10,12H2,1-2H3. The van der Waals surface area contributed by atoms with Crippen LogP contribution in [0.2, 0.25) is 0 Å². The van der Waals surface area contributed by atoms with Gasteiger partial charge in [-0.15, -0.1) is 0 Å². The molecule has 1 aliphatic heterocycles. The van der Waals surface area contributed by atoms with E-state index in [9.17, 15) is 0 Å². The van der Waals surface area contributed by atoms with Gasteiger partial charge in [0, 0.05) is 6.54 Å². The van der Waals surface area contributed by atoms with Crippen LogP contribution in [0.15, 0.2) is 18.2 Å². The van der Waals surface area contributed by atoms with E-state index in [4.69, 9.17) is 4.74 Å². The molecule has 1 heterocycles. The summed E-state index contributed by atoms with van der Waals surface area (Å²) in [6, 6.07) is 6.38. The molecule has 0 amide bonds. The van der Waals surface area contributed by atoms with Crippen molar-refractivity contribution in [3.8, 4) is 5.75 Å². The van der Waals surface area contributed by atoms with E-state index in [0.29, 0.717) is 0 Å². The van der Waals surface area contributed by atoms with E-state index < -0.39 is 0 Å². The largest absolute Gasteiger partial charge is 0.491 e. The van der Waals surface area contributed by atoms with Gasteiger partial charge in [0.2, 0.25) is 0 Å². The first-order valence-corrected chi connectivity index (χ1v) is 7.47. The summed E-state index contributed by atoms with van der Waals surface area (Å²) in [4.78, 5) is 0. The number of rotatable bonds is 6. The van der Waals surface area contributed by atoms with Crippen molar-refractivity contribution in [1.82, 2.24) is 5.32 Å². The molecule has 2 N–H and O–H groups in total. The molecule has 1 fully saturated rings. The van der Waals surface area contributed by atoms with Gasteiger partial charge < -0.3 is 15.4 Å². The lowest BCUT2D eigenvalue weighted by atomic mass is 9.98. The van der Waals surface area contributed by atoms with Crippen LogP contribution in [-0.2, 0) is 0 Å². The Kier molecular flexibility index (Phi) is 5.52. The van der Waals surface area contributed by atoms with Gasteiger partial charge in [0.15, 0.2) is 0 Å². The van der Waals surface area contributed by atoms with Crippen LogP contribution in [0.4, 0.5) is 5.69 Å². The summed E-state index contributed by atoms with van der Waals surface area (Å²) in [5, 5.41) is 6.99. The molecular formula is C16H26N2O. The van der Waals surface area contributed by atoms with E-state index >= 15 is 0 Å². The molecule has 19 heavy (non-hydrogen) atoms. The van der Waals surface area contributed by atoms with Crippen LogP contribution in [0.3, 0.4) is 0 Å². The first-order chi connectivity index (χ1) is 9.29. The van der Waals surface area contributed by atoms with Gasteiger partial charge >= 0.3 is 0 Å². The second-order valence-electron chi connectivity index (χ2n) is 5.42. The summed E-state index contributed by atoms with van der Waals surface area (Å²) in [7, 11) is 0. The molecule has 106 valence electrons. The second-order valence-corrected chi connectivity index (χ2v) is 5.42. The van der Waals surface area contributed by atoms with Crippen molar-refractivity contribution < 1.29 is 4.74 Å². The van der Waals surface area contributed by atoms with Crippen molar-refractivity contribution >= 4 is 5.69 Å². The number of piperidine rings is 1. The van der Waals surface area contributed by atoms with Crippen LogP contribution in [0.1, 0.15) is 31.7 Å². The summed E-state index contributed by atoms with van der Waals surface area (Å²) in [5.41, 5.74) is 2.42. The number of hydrogen-bond donors (Lipinski definition) is 2. The van der Waals surface area contributed by atoms with Crippen molar-refractivity contribution in [2.45, 2.75) is 33.1 Å². The van der Waals surface area contributed by atoms with Crippen molar-refractivity contribution in [3.05, 3.63) is 23.8 Å². The average Bonchev–Trinajstić information content (AvgIpc) is 2.45. The topological polar surface area (TPSA) is 33.3 Å². The van der Waals surface area contributed by atoms with E-state index in [0.717, 1.165) is 50.0 Å². The van der Waals surface area contributed by atoms with Gasteiger partial charge in [0.25, 0.3) is 0 Å². The number of benzene rings is 1. The average molecular weight is 262 g/mol. The van der Waals surface area contributed by atoms with Crippen LogP contribution >= 0.6 is 0 Å². The van der Waals surface area contributed by atoms with Crippen LogP contribution in [0, 0.1) is 12.8 Å². The monoisotopic (exact) mass is 262 g/mol. The Morgan fingerprint density at radius 2 is 2.11 bits per heavy atom. The summed E-state index contributed by atoms with van der Waals surface area (Å²) < 4.78 is 5.81. The third-order valence-corrected chi connectivity index (χ3v) is 3.64. The Balaban J connectivity index is 1.94. The lowest BCUT2D eigenvalue weighted by Crippen LogP contribution is -2.31. The molecule has 0 unspecified atom stereocenters. The SMILES string of the molecule is CCCOc1ccc(C)cc1NCC1CCNCC1. The zero-order valence-electron chi connectivity index (χ0n) is 12.2. The first kappa shape index (κ1) is 14.2. The minimum absolute atomic E-state index is 0.779. The molecule has 2 rings (SSSR count). The minimum atomic E-state index is 0.779. The Morgan fingerprint density at radius 1 is 1.32 bits per heavy atom. The molecule has 0 bridgehead atoms. The maximum Gasteiger partial charge on any atom is 0.142 e. The maximum absolute atomic E-state index is 5.81. The molecule has 0 saturated carbocycles. The molecule has 3 heteroatoms. The Hall–Kier alpha value is -1.22. The van der Waals surface area contributed by atoms with Gasteiger partial charge in [-0.25, -0.2) is 0 Å². The lowest BCUT2D eigenvalue weighted by Gasteiger charge is -2.24. The van der Waals surface area contributed by atoms with Crippen molar-refractivity contribution in [2.75, 3.05) is 31.6 Å². The molecular weight excluding hydrogens is 236 g/mol. The molecule has 0 radical (unpaired) electrons. The van der Waals surface area contributed by atoms with E-state index in [-0.39, 0.29) is 0 Å². The smallest absolute Gasteiger partial charge is 0.142 e. The quantitative estimate of drug-likeness (QED) is 0.826. The minimum Gasteiger partial charge on any atom is -0.491 e. The van der Waals surface area contributed by atoms with E-state index in [1.165, 1.54) is 18.4 Å². The van der Waals surface area contributed by atoms with E-state index in [1.807, 2.05) is 0 Å².